The number of carbonyl (C=O) groups excluding carboxylic acids is 1. The Kier molecular flexibility index (Phi) is 4.09. The lowest BCUT2D eigenvalue weighted by Crippen LogP contribution is -2.12. The minimum Gasteiger partial charge on any atom is -0.321 e. The number of benzene rings is 1. The van der Waals surface area contributed by atoms with Crippen molar-refractivity contribution in [1.29, 1.82) is 0 Å². The highest BCUT2D eigenvalue weighted by atomic mass is 32.1. The van der Waals surface area contributed by atoms with E-state index in [1.54, 1.807) is 11.3 Å². The highest BCUT2D eigenvalue weighted by molar-refractivity contribution is 7.17. The number of rotatable bonds is 3. The van der Waals surface area contributed by atoms with Gasteiger partial charge < -0.3 is 5.32 Å². The monoisotopic (exact) mass is 328 g/mol. The second-order valence-corrected chi connectivity index (χ2v) is 7.00. The number of hydrogen-bond donors (Lipinski definition) is 1. The zero-order valence-electron chi connectivity index (χ0n) is 12.6. The lowest BCUT2D eigenvalue weighted by Gasteiger charge is -2.08. The molecule has 0 radical (unpaired) electrons. The summed E-state index contributed by atoms with van der Waals surface area (Å²) in [6.07, 6.45) is 0. The molecular formula is C17H16N2OS2. The first-order chi connectivity index (χ1) is 10.5. The summed E-state index contributed by atoms with van der Waals surface area (Å²) < 4.78 is 0. The molecule has 0 saturated carbocycles. The first kappa shape index (κ1) is 14.9. The number of nitrogens with one attached hydrogen (secondary N) is 1. The zero-order chi connectivity index (χ0) is 15.7. The summed E-state index contributed by atoms with van der Waals surface area (Å²) in [5, 5.41) is 7.94. The van der Waals surface area contributed by atoms with Gasteiger partial charge in [-0.15, -0.1) is 11.3 Å². The molecule has 2 aromatic heterocycles. The van der Waals surface area contributed by atoms with E-state index >= 15 is 0 Å². The van der Waals surface area contributed by atoms with Crippen LogP contribution in [0.25, 0.3) is 10.6 Å². The fourth-order valence-corrected chi connectivity index (χ4v) is 3.92. The van der Waals surface area contributed by atoms with Crippen molar-refractivity contribution in [3.8, 4) is 10.6 Å². The summed E-state index contributed by atoms with van der Waals surface area (Å²) in [7, 11) is 0. The molecule has 5 heteroatoms. The number of carbonyl (C=O) groups is 1. The Bertz CT molecular complexity index is 819. The van der Waals surface area contributed by atoms with Crippen LogP contribution in [0.2, 0.25) is 0 Å². The van der Waals surface area contributed by atoms with Gasteiger partial charge in [0.15, 0.2) is 0 Å². The molecule has 0 unspecified atom stereocenters. The molecule has 3 rings (SSSR count). The summed E-state index contributed by atoms with van der Waals surface area (Å²) in [6.45, 7) is 5.92. The Morgan fingerprint density at radius 1 is 1.18 bits per heavy atom. The van der Waals surface area contributed by atoms with Crippen LogP contribution in [0.4, 0.5) is 5.69 Å². The number of anilines is 1. The molecule has 2 heterocycles. The Morgan fingerprint density at radius 2 is 2.00 bits per heavy atom. The van der Waals surface area contributed by atoms with Gasteiger partial charge >= 0.3 is 0 Å². The van der Waals surface area contributed by atoms with Crippen molar-refractivity contribution < 1.29 is 4.79 Å². The molecule has 0 aliphatic heterocycles. The number of aromatic nitrogens is 1. The van der Waals surface area contributed by atoms with E-state index in [0.29, 0.717) is 4.88 Å². The molecule has 0 aliphatic carbocycles. The van der Waals surface area contributed by atoms with Crippen LogP contribution in [0, 0.1) is 20.8 Å². The van der Waals surface area contributed by atoms with Crippen molar-refractivity contribution in [1.82, 2.24) is 4.98 Å². The molecule has 1 N–H and O–H groups in total. The van der Waals surface area contributed by atoms with Crippen LogP contribution in [-0.4, -0.2) is 10.9 Å². The molecule has 0 saturated heterocycles. The Balaban J connectivity index is 1.86. The Morgan fingerprint density at radius 3 is 2.68 bits per heavy atom. The average molecular weight is 328 g/mol. The van der Waals surface area contributed by atoms with Crippen LogP contribution in [0.3, 0.4) is 0 Å². The second kappa shape index (κ2) is 6.02. The third-order valence-electron chi connectivity index (χ3n) is 3.40. The largest absolute Gasteiger partial charge is 0.321 e. The van der Waals surface area contributed by atoms with Crippen LogP contribution in [0.15, 0.2) is 35.0 Å². The normalized spacial score (nSPS) is 10.7. The Labute approximate surface area is 137 Å². The summed E-state index contributed by atoms with van der Waals surface area (Å²) in [6, 6.07) is 8.03. The molecular weight excluding hydrogens is 312 g/mol. The van der Waals surface area contributed by atoms with E-state index in [2.05, 4.69) is 16.4 Å². The van der Waals surface area contributed by atoms with Crippen LogP contribution in [0.5, 0.6) is 0 Å². The maximum atomic E-state index is 12.5. The van der Waals surface area contributed by atoms with Gasteiger partial charge in [0.05, 0.1) is 5.69 Å². The van der Waals surface area contributed by atoms with Gasteiger partial charge in [-0.05, 0) is 43.8 Å². The quantitative estimate of drug-likeness (QED) is 0.731. The van der Waals surface area contributed by atoms with E-state index in [1.807, 2.05) is 49.7 Å². The number of aryl methyl sites for hydroxylation is 3. The van der Waals surface area contributed by atoms with Gasteiger partial charge in [0.2, 0.25) is 0 Å². The van der Waals surface area contributed by atoms with Gasteiger partial charge in [-0.3, -0.25) is 4.79 Å². The molecule has 112 valence electrons. The van der Waals surface area contributed by atoms with E-state index in [4.69, 9.17) is 0 Å². The predicted molar refractivity (Wildman–Crippen MR) is 94.0 cm³/mol. The molecule has 1 aromatic carbocycles. The highest BCUT2D eigenvalue weighted by Gasteiger charge is 2.17. The van der Waals surface area contributed by atoms with Crippen LogP contribution >= 0.6 is 22.7 Å². The molecule has 0 atom stereocenters. The maximum absolute atomic E-state index is 12.5. The van der Waals surface area contributed by atoms with Crippen molar-refractivity contribution in [3.63, 3.8) is 0 Å². The predicted octanol–water partition coefficient (Wildman–Crippen LogP) is 5.05. The number of amides is 1. The summed E-state index contributed by atoms with van der Waals surface area (Å²) >= 11 is 3.07. The third-order valence-corrected chi connectivity index (χ3v) is 5.29. The fraction of sp³-hybridized carbons (Fsp3) is 0.176. The highest BCUT2D eigenvalue weighted by Crippen LogP contribution is 2.30. The SMILES string of the molecule is Cc1ccc(NC(=O)c2sc(-c3ccsc3)nc2C)c(C)c1. The van der Waals surface area contributed by atoms with Crippen molar-refractivity contribution in [2.75, 3.05) is 5.32 Å². The molecule has 0 spiro atoms. The van der Waals surface area contributed by atoms with Crippen molar-refractivity contribution in [2.45, 2.75) is 20.8 Å². The standard InChI is InChI=1S/C17H16N2OS2/c1-10-4-5-14(11(2)8-10)19-16(20)15-12(3)18-17(22-15)13-6-7-21-9-13/h4-9H,1-3H3,(H,19,20). The van der Waals surface area contributed by atoms with Gasteiger partial charge in [-0.2, -0.15) is 11.3 Å². The molecule has 22 heavy (non-hydrogen) atoms. The molecule has 3 aromatic rings. The van der Waals surface area contributed by atoms with E-state index in [9.17, 15) is 4.79 Å². The molecule has 0 bridgehead atoms. The van der Waals surface area contributed by atoms with Gasteiger partial charge in [-0.1, -0.05) is 17.7 Å². The third kappa shape index (κ3) is 2.96. The molecule has 3 nitrogen and oxygen atoms in total. The average Bonchev–Trinajstić information content (AvgIpc) is 3.10. The summed E-state index contributed by atoms with van der Waals surface area (Å²) in [5.41, 5.74) is 4.94. The molecule has 0 aliphatic rings. The summed E-state index contributed by atoms with van der Waals surface area (Å²) in [4.78, 5) is 17.7. The van der Waals surface area contributed by atoms with Crippen molar-refractivity contribution in [2.24, 2.45) is 0 Å². The number of nitrogens with zero attached hydrogens (tertiary/aromatic N) is 1. The molecule has 0 fully saturated rings. The van der Waals surface area contributed by atoms with Crippen LogP contribution in [0.1, 0.15) is 26.5 Å². The minimum absolute atomic E-state index is 0.0940. The maximum Gasteiger partial charge on any atom is 0.267 e. The smallest absolute Gasteiger partial charge is 0.267 e. The second-order valence-electron chi connectivity index (χ2n) is 5.22. The van der Waals surface area contributed by atoms with Crippen LogP contribution in [-0.2, 0) is 0 Å². The van der Waals surface area contributed by atoms with E-state index in [0.717, 1.165) is 27.5 Å². The number of thiazole rings is 1. The van der Waals surface area contributed by atoms with Gasteiger partial charge in [0.1, 0.15) is 9.88 Å². The van der Waals surface area contributed by atoms with Gasteiger partial charge in [0, 0.05) is 16.6 Å². The lowest BCUT2D eigenvalue weighted by atomic mass is 10.1. The van der Waals surface area contributed by atoms with E-state index < -0.39 is 0 Å². The zero-order valence-corrected chi connectivity index (χ0v) is 14.3. The number of hydrogen-bond acceptors (Lipinski definition) is 4. The minimum atomic E-state index is -0.0940. The number of thiophene rings is 1. The van der Waals surface area contributed by atoms with Gasteiger partial charge in [0.25, 0.3) is 5.91 Å². The fourth-order valence-electron chi connectivity index (χ4n) is 2.25. The van der Waals surface area contributed by atoms with E-state index in [-0.39, 0.29) is 5.91 Å². The Hall–Kier alpha value is -1.98. The first-order valence-electron chi connectivity index (χ1n) is 6.93. The van der Waals surface area contributed by atoms with E-state index in [1.165, 1.54) is 16.9 Å². The van der Waals surface area contributed by atoms with Crippen LogP contribution < -0.4 is 5.32 Å². The lowest BCUT2D eigenvalue weighted by molar-refractivity contribution is 0.102. The first-order valence-corrected chi connectivity index (χ1v) is 8.69. The van der Waals surface area contributed by atoms with Crippen molar-refractivity contribution in [3.05, 3.63) is 56.7 Å². The van der Waals surface area contributed by atoms with Crippen molar-refractivity contribution >= 4 is 34.3 Å². The topological polar surface area (TPSA) is 42.0 Å². The molecule has 1 amide bonds. The van der Waals surface area contributed by atoms with Gasteiger partial charge in [-0.25, -0.2) is 4.98 Å². The summed E-state index contributed by atoms with van der Waals surface area (Å²) in [5.74, 6) is -0.0940.